The molecule has 4 aliphatic rings. The molecule has 6 aromatic rings. The third kappa shape index (κ3) is 8.05. The number of halogens is 2. The number of thiophene rings is 2. The number of nitrogens with zero attached hydrogens (tertiary/aromatic N) is 5. The predicted molar refractivity (Wildman–Crippen MR) is 216 cm³/mol. The molecule has 4 unspecified atom stereocenters. The van der Waals surface area contributed by atoms with Crippen molar-refractivity contribution in [2.24, 2.45) is 0 Å². The van der Waals surface area contributed by atoms with Crippen molar-refractivity contribution in [1.29, 1.82) is 0 Å². The smallest absolute Gasteiger partial charge is 0.336 e. The zero-order chi connectivity index (χ0) is 39.7. The van der Waals surface area contributed by atoms with Gasteiger partial charge in [0.05, 0.1) is 34.9 Å². The fourth-order valence-corrected chi connectivity index (χ4v) is 10.8. The number of hydrogen-bond acceptors (Lipinski definition) is 9. The van der Waals surface area contributed by atoms with E-state index < -0.39 is 17.3 Å². The predicted octanol–water partition coefficient (Wildman–Crippen LogP) is 8.78. The first-order chi connectivity index (χ1) is 27.5. The highest BCUT2D eigenvalue weighted by Gasteiger charge is 2.52. The summed E-state index contributed by atoms with van der Waals surface area (Å²) in [6, 6.07) is 11.7. The van der Waals surface area contributed by atoms with Crippen LogP contribution in [0.4, 0.5) is 8.78 Å². The van der Waals surface area contributed by atoms with E-state index in [0.717, 1.165) is 57.7 Å². The van der Waals surface area contributed by atoms with E-state index in [1.165, 1.54) is 22.7 Å². The second kappa shape index (κ2) is 16.0. The van der Waals surface area contributed by atoms with Gasteiger partial charge in [0.25, 0.3) is 5.91 Å². The summed E-state index contributed by atoms with van der Waals surface area (Å²) < 4.78 is 30.9. The molecule has 1 amide bonds. The lowest BCUT2D eigenvalue weighted by atomic mass is 9.83. The lowest BCUT2D eigenvalue weighted by Crippen LogP contribution is -2.50. The summed E-state index contributed by atoms with van der Waals surface area (Å²) in [4.78, 5) is 36.2. The Morgan fingerprint density at radius 2 is 1.25 bits per heavy atom. The van der Waals surface area contributed by atoms with Crippen molar-refractivity contribution >= 4 is 34.6 Å². The molecule has 4 saturated heterocycles. The van der Waals surface area contributed by atoms with Crippen LogP contribution in [0.3, 0.4) is 0 Å². The summed E-state index contributed by atoms with van der Waals surface area (Å²) in [7, 11) is 0. The van der Waals surface area contributed by atoms with Crippen molar-refractivity contribution in [1.82, 2.24) is 40.6 Å². The molecule has 10 rings (SSSR count). The van der Waals surface area contributed by atoms with Gasteiger partial charge < -0.3 is 15.3 Å². The molecule has 15 heteroatoms. The van der Waals surface area contributed by atoms with Crippen LogP contribution in [0, 0.1) is 13.8 Å². The molecule has 0 saturated carbocycles. The van der Waals surface area contributed by atoms with Crippen LogP contribution < -0.4 is 5.32 Å². The molecule has 6 aromatic heterocycles. The van der Waals surface area contributed by atoms with E-state index in [-0.39, 0.29) is 18.0 Å². The van der Waals surface area contributed by atoms with Crippen LogP contribution in [-0.4, -0.2) is 76.4 Å². The molecule has 0 radical (unpaired) electrons. The Balaban J connectivity index is 0.000000132. The van der Waals surface area contributed by atoms with E-state index in [4.69, 9.17) is 5.11 Å². The van der Waals surface area contributed by atoms with Gasteiger partial charge in [-0.15, -0.1) is 22.7 Å². The molecular formula is C42H44F2N8O3S2. The Labute approximate surface area is 337 Å². The van der Waals surface area contributed by atoms with E-state index in [0.29, 0.717) is 60.3 Å². The van der Waals surface area contributed by atoms with Crippen molar-refractivity contribution in [3.8, 4) is 20.9 Å². The summed E-state index contributed by atoms with van der Waals surface area (Å²) in [5.41, 5.74) is 3.28. The Bertz CT molecular complexity index is 2300. The van der Waals surface area contributed by atoms with Gasteiger partial charge in [-0.2, -0.15) is 10.2 Å². The molecule has 4 bridgehead atoms. The maximum absolute atomic E-state index is 15.9. The van der Waals surface area contributed by atoms with E-state index in [1.807, 2.05) is 60.7 Å². The molecule has 4 aliphatic heterocycles. The fourth-order valence-electron chi connectivity index (χ4n) is 9.03. The molecule has 4 fully saturated rings. The van der Waals surface area contributed by atoms with Crippen molar-refractivity contribution in [2.75, 3.05) is 0 Å². The fraction of sp³-hybridized carbons (Fsp3) is 0.381. The minimum Gasteiger partial charge on any atom is -0.478 e. The van der Waals surface area contributed by atoms with Gasteiger partial charge >= 0.3 is 5.97 Å². The van der Waals surface area contributed by atoms with E-state index in [2.05, 4.69) is 35.7 Å². The van der Waals surface area contributed by atoms with Crippen LogP contribution in [0.1, 0.15) is 94.6 Å². The number of amides is 1. The number of fused-ring (bicyclic) bond motifs is 4. The number of rotatable bonds is 6. The standard InChI is InChI=1S/C21H21FN4OS.C13H17FN2.C8H6N2O2S/c1-13-3-2-6-23-19(13)21(22)8-16-4-5-17(9-21)26(16)20(27)14-7-18(28-12-14)15-10-24-25-11-15;1-9-3-2-6-15-12(9)13(14)7-10-4-5-11(8-13)16-10;11-8(12)5-1-7(13-4-5)6-2-9-10-3-6/h2-3,6-7,10-12,16-17H,4-5,8-9H2,1H3,(H,24,25);2-3,6,10-11,16H,4-5,7-8H2,1H3;1-4H,(H,9,10)(H,11,12). The number of piperidine rings is 2. The topological polar surface area (TPSA) is 153 Å². The maximum Gasteiger partial charge on any atom is 0.336 e. The number of aromatic nitrogens is 6. The first-order valence-corrected chi connectivity index (χ1v) is 20.9. The molecule has 0 spiro atoms. The van der Waals surface area contributed by atoms with Crippen LogP contribution in [0.25, 0.3) is 20.9 Å². The Morgan fingerprint density at radius 3 is 1.70 bits per heavy atom. The molecule has 296 valence electrons. The number of hydrogen-bond donors (Lipinski definition) is 4. The highest BCUT2D eigenvalue weighted by Crippen LogP contribution is 2.49. The third-order valence-corrected chi connectivity index (χ3v) is 13.5. The molecule has 11 nitrogen and oxygen atoms in total. The number of carboxylic acids is 1. The van der Waals surface area contributed by atoms with Gasteiger partial charge in [0, 0.05) is 106 Å². The second-order valence-corrected chi connectivity index (χ2v) is 17.3. The summed E-state index contributed by atoms with van der Waals surface area (Å²) in [6.45, 7) is 3.86. The van der Waals surface area contributed by atoms with Crippen molar-refractivity contribution in [3.05, 3.63) is 118 Å². The number of nitrogens with one attached hydrogen (secondary N) is 3. The highest BCUT2D eigenvalue weighted by atomic mass is 32.1. The largest absolute Gasteiger partial charge is 0.478 e. The van der Waals surface area contributed by atoms with E-state index >= 15 is 8.78 Å². The SMILES string of the molecule is Cc1cccnc1C1(F)CC2CCC(C1)N2.Cc1cccnc1C1(F)CC2CCC(C1)N2C(=O)c1csc(-c2cn[nH]c2)c1.O=C(O)c1csc(-c2cn[nH]c2)c1. The van der Waals surface area contributed by atoms with Gasteiger partial charge in [-0.05, 0) is 74.9 Å². The molecule has 4 atom stereocenters. The van der Waals surface area contributed by atoms with Gasteiger partial charge in [-0.1, -0.05) is 12.1 Å². The van der Waals surface area contributed by atoms with Crippen LogP contribution in [0.5, 0.6) is 0 Å². The number of H-pyrrole nitrogens is 2. The minimum absolute atomic E-state index is 0.0123. The Hall–Kier alpha value is -5.12. The maximum atomic E-state index is 15.9. The van der Waals surface area contributed by atoms with Crippen LogP contribution in [0.15, 0.2) is 84.3 Å². The first kappa shape index (κ1) is 38.7. The lowest BCUT2D eigenvalue weighted by molar-refractivity contribution is 0.00802. The zero-order valence-corrected chi connectivity index (χ0v) is 33.3. The minimum atomic E-state index is -1.45. The number of carbonyl (C=O) groups excluding carboxylic acids is 1. The van der Waals surface area contributed by atoms with Gasteiger partial charge in [-0.3, -0.25) is 25.0 Å². The number of aryl methyl sites for hydroxylation is 2. The molecular weight excluding hydrogens is 767 g/mol. The van der Waals surface area contributed by atoms with Crippen LogP contribution in [-0.2, 0) is 11.3 Å². The van der Waals surface area contributed by atoms with Crippen molar-refractivity contribution in [3.63, 3.8) is 0 Å². The third-order valence-electron chi connectivity index (χ3n) is 11.6. The number of aromatic carboxylic acids is 1. The van der Waals surface area contributed by atoms with E-state index in [1.54, 1.807) is 42.4 Å². The summed E-state index contributed by atoms with van der Waals surface area (Å²) >= 11 is 2.92. The lowest BCUT2D eigenvalue weighted by Gasteiger charge is -2.42. The molecule has 57 heavy (non-hydrogen) atoms. The number of pyridine rings is 2. The summed E-state index contributed by atoms with van der Waals surface area (Å²) in [5, 5.41) is 28.9. The van der Waals surface area contributed by atoms with Crippen molar-refractivity contribution < 1.29 is 23.5 Å². The Kier molecular flexibility index (Phi) is 10.9. The summed E-state index contributed by atoms with van der Waals surface area (Å²) in [5.74, 6) is -0.885. The average Bonchev–Trinajstić information content (AvgIpc) is 4.05. The average molecular weight is 811 g/mol. The molecule has 0 aromatic carbocycles. The quantitative estimate of drug-likeness (QED) is 0.130. The first-order valence-electron chi connectivity index (χ1n) is 19.2. The van der Waals surface area contributed by atoms with Gasteiger partial charge in [0.1, 0.15) is 0 Å². The number of carbonyl (C=O) groups is 2. The van der Waals surface area contributed by atoms with Crippen LogP contribution >= 0.6 is 22.7 Å². The number of alkyl halides is 2. The molecule has 4 N–H and O–H groups in total. The van der Waals surface area contributed by atoms with E-state index in [9.17, 15) is 9.59 Å². The highest BCUT2D eigenvalue weighted by molar-refractivity contribution is 7.14. The monoisotopic (exact) mass is 810 g/mol. The normalized spacial score (nSPS) is 25.9. The molecule has 0 aliphatic carbocycles. The van der Waals surface area contributed by atoms with Gasteiger partial charge in [0.2, 0.25) is 0 Å². The van der Waals surface area contributed by atoms with Crippen LogP contribution in [0.2, 0.25) is 0 Å². The van der Waals surface area contributed by atoms with Gasteiger partial charge in [0.15, 0.2) is 11.3 Å². The van der Waals surface area contributed by atoms with Gasteiger partial charge in [-0.25, -0.2) is 13.6 Å². The number of aromatic amines is 2. The zero-order valence-electron chi connectivity index (χ0n) is 31.6. The van der Waals surface area contributed by atoms with Crippen molar-refractivity contribution in [2.45, 2.75) is 101 Å². The molecule has 10 heterocycles. The Morgan fingerprint density at radius 1 is 0.754 bits per heavy atom. The number of carboxylic acid groups (broad SMARTS) is 1. The summed E-state index contributed by atoms with van der Waals surface area (Å²) in [6.07, 6.45) is 16.1. The second-order valence-electron chi connectivity index (χ2n) is 15.5.